The first-order chi connectivity index (χ1) is 8.74. The third kappa shape index (κ3) is 3.10. The summed E-state index contributed by atoms with van der Waals surface area (Å²) in [5, 5.41) is 21.4. The number of nitrogens with one attached hydrogen (secondary N) is 1. The Bertz CT molecular complexity index is 388. The van der Waals surface area contributed by atoms with Crippen molar-refractivity contribution >= 4 is 0 Å². The van der Waals surface area contributed by atoms with Gasteiger partial charge in [0, 0.05) is 6.04 Å². The highest BCUT2D eigenvalue weighted by Gasteiger charge is 2.14. The van der Waals surface area contributed by atoms with Crippen LogP contribution in [-0.4, -0.2) is 29.5 Å². The number of hydrogen-bond acceptors (Lipinski definition) is 3. The van der Waals surface area contributed by atoms with E-state index in [1.807, 2.05) is 0 Å². The number of aryl methyl sites for hydroxylation is 2. The van der Waals surface area contributed by atoms with Gasteiger partial charge >= 0.3 is 0 Å². The van der Waals surface area contributed by atoms with Crippen LogP contribution in [0.25, 0.3) is 0 Å². The van der Waals surface area contributed by atoms with Crippen LogP contribution in [0.1, 0.15) is 42.5 Å². The van der Waals surface area contributed by atoms with Gasteiger partial charge in [-0.2, -0.15) is 0 Å². The normalized spacial score (nSPS) is 16.7. The van der Waals surface area contributed by atoms with Crippen LogP contribution in [-0.2, 0) is 12.8 Å². The van der Waals surface area contributed by atoms with E-state index >= 15 is 0 Å². The SMILES string of the molecule is C[C@@H](NC(CO)CO)c1ccc2c(c1)CCCC2. The van der Waals surface area contributed by atoms with Crippen LogP contribution in [0.2, 0.25) is 0 Å². The first kappa shape index (κ1) is 13.5. The van der Waals surface area contributed by atoms with Gasteiger partial charge in [-0.25, -0.2) is 0 Å². The van der Waals surface area contributed by atoms with Crippen LogP contribution in [0.5, 0.6) is 0 Å². The Morgan fingerprint density at radius 1 is 1.11 bits per heavy atom. The topological polar surface area (TPSA) is 52.5 Å². The minimum Gasteiger partial charge on any atom is -0.395 e. The molecule has 0 heterocycles. The van der Waals surface area contributed by atoms with Crippen LogP contribution in [0.15, 0.2) is 18.2 Å². The zero-order chi connectivity index (χ0) is 13.0. The number of rotatable bonds is 5. The Kier molecular flexibility index (Phi) is 4.75. The molecule has 2 rings (SSSR count). The maximum absolute atomic E-state index is 9.09. The molecule has 3 nitrogen and oxygen atoms in total. The summed E-state index contributed by atoms with van der Waals surface area (Å²) in [5.41, 5.74) is 4.19. The zero-order valence-corrected chi connectivity index (χ0v) is 11.0. The lowest BCUT2D eigenvalue weighted by molar-refractivity contribution is 0.163. The van der Waals surface area contributed by atoms with Crippen molar-refractivity contribution in [2.45, 2.75) is 44.7 Å². The summed E-state index contributed by atoms with van der Waals surface area (Å²) in [6, 6.07) is 6.58. The van der Waals surface area contributed by atoms with E-state index in [0.29, 0.717) is 0 Å². The van der Waals surface area contributed by atoms with Gasteiger partial charge in [0.2, 0.25) is 0 Å². The Balaban J connectivity index is 2.08. The molecule has 0 amide bonds. The van der Waals surface area contributed by atoms with Gasteiger partial charge in [0.05, 0.1) is 19.3 Å². The largest absolute Gasteiger partial charge is 0.395 e. The van der Waals surface area contributed by atoms with Gasteiger partial charge in [0.1, 0.15) is 0 Å². The fraction of sp³-hybridized carbons (Fsp3) is 0.600. The standard InChI is InChI=1S/C15H23NO2/c1-11(16-15(9-17)10-18)13-7-6-12-4-2-3-5-14(12)8-13/h6-8,11,15-18H,2-5,9-10H2,1H3/t11-/m1/s1. The molecule has 0 unspecified atom stereocenters. The molecule has 0 bridgehead atoms. The zero-order valence-electron chi connectivity index (χ0n) is 11.0. The van der Waals surface area contributed by atoms with Gasteiger partial charge in [0.25, 0.3) is 0 Å². The molecule has 0 saturated carbocycles. The van der Waals surface area contributed by atoms with E-state index in [4.69, 9.17) is 10.2 Å². The lowest BCUT2D eigenvalue weighted by atomic mass is 9.89. The Morgan fingerprint density at radius 3 is 2.44 bits per heavy atom. The molecule has 18 heavy (non-hydrogen) atoms. The molecule has 0 spiro atoms. The molecule has 0 fully saturated rings. The van der Waals surface area contributed by atoms with Crippen molar-refractivity contribution in [3.8, 4) is 0 Å². The Hall–Kier alpha value is -0.900. The Labute approximate surface area is 109 Å². The summed E-state index contributed by atoms with van der Waals surface area (Å²) in [7, 11) is 0. The molecule has 1 atom stereocenters. The summed E-state index contributed by atoms with van der Waals surface area (Å²) in [6.45, 7) is 2.00. The second kappa shape index (κ2) is 6.32. The van der Waals surface area contributed by atoms with Crippen LogP contribution in [0.4, 0.5) is 0 Å². The highest BCUT2D eigenvalue weighted by molar-refractivity contribution is 5.35. The van der Waals surface area contributed by atoms with Gasteiger partial charge in [-0.15, -0.1) is 0 Å². The lowest BCUT2D eigenvalue weighted by Crippen LogP contribution is -2.37. The van der Waals surface area contributed by atoms with Crippen LogP contribution in [0, 0.1) is 0 Å². The van der Waals surface area contributed by atoms with Crippen molar-refractivity contribution in [1.29, 1.82) is 0 Å². The van der Waals surface area contributed by atoms with E-state index in [0.717, 1.165) is 0 Å². The van der Waals surface area contributed by atoms with E-state index in [9.17, 15) is 0 Å². The molecule has 1 aromatic rings. The predicted octanol–water partition coefficient (Wildman–Crippen LogP) is 1.57. The fourth-order valence-corrected chi connectivity index (χ4v) is 2.64. The quantitative estimate of drug-likeness (QED) is 0.742. The summed E-state index contributed by atoms with van der Waals surface area (Å²) in [6.07, 6.45) is 4.97. The fourth-order valence-electron chi connectivity index (χ4n) is 2.64. The highest BCUT2D eigenvalue weighted by atomic mass is 16.3. The summed E-state index contributed by atoms with van der Waals surface area (Å²) in [4.78, 5) is 0. The number of aliphatic hydroxyl groups excluding tert-OH is 2. The monoisotopic (exact) mass is 249 g/mol. The van der Waals surface area contributed by atoms with Gasteiger partial charge < -0.3 is 15.5 Å². The molecule has 0 aliphatic heterocycles. The van der Waals surface area contributed by atoms with Crippen LogP contribution < -0.4 is 5.32 Å². The minimum atomic E-state index is -0.240. The lowest BCUT2D eigenvalue weighted by Gasteiger charge is -2.23. The van der Waals surface area contributed by atoms with E-state index < -0.39 is 0 Å². The summed E-state index contributed by atoms with van der Waals surface area (Å²) < 4.78 is 0. The van der Waals surface area contributed by atoms with Gasteiger partial charge in [-0.1, -0.05) is 18.2 Å². The molecule has 1 aliphatic rings. The maximum atomic E-state index is 9.09. The second-order valence-corrected chi connectivity index (χ2v) is 5.19. The first-order valence-corrected chi connectivity index (χ1v) is 6.84. The molecule has 3 N–H and O–H groups in total. The van der Waals surface area contributed by atoms with Gasteiger partial charge in [-0.3, -0.25) is 0 Å². The van der Waals surface area contributed by atoms with Crippen molar-refractivity contribution < 1.29 is 10.2 Å². The highest BCUT2D eigenvalue weighted by Crippen LogP contribution is 2.24. The van der Waals surface area contributed by atoms with Crippen LogP contribution >= 0.6 is 0 Å². The van der Waals surface area contributed by atoms with Crippen molar-refractivity contribution in [3.05, 3.63) is 34.9 Å². The summed E-state index contributed by atoms with van der Waals surface area (Å²) in [5.74, 6) is 0. The van der Waals surface area contributed by atoms with Gasteiger partial charge in [-0.05, 0) is 49.3 Å². The van der Waals surface area contributed by atoms with Crippen molar-refractivity contribution in [2.75, 3.05) is 13.2 Å². The van der Waals surface area contributed by atoms with E-state index in [1.165, 1.54) is 42.4 Å². The molecule has 100 valence electrons. The van der Waals surface area contributed by atoms with Gasteiger partial charge in [0.15, 0.2) is 0 Å². The third-order valence-electron chi connectivity index (χ3n) is 3.80. The average Bonchev–Trinajstić information content (AvgIpc) is 2.44. The summed E-state index contributed by atoms with van der Waals surface area (Å²) >= 11 is 0. The number of hydrogen-bond donors (Lipinski definition) is 3. The van der Waals surface area contributed by atoms with E-state index in [2.05, 4.69) is 30.4 Å². The average molecular weight is 249 g/mol. The molecule has 1 aromatic carbocycles. The van der Waals surface area contributed by atoms with Crippen molar-refractivity contribution in [2.24, 2.45) is 0 Å². The molecule has 1 aliphatic carbocycles. The second-order valence-electron chi connectivity index (χ2n) is 5.19. The number of aliphatic hydroxyl groups is 2. The molecule has 3 heteroatoms. The van der Waals surface area contributed by atoms with Crippen molar-refractivity contribution in [3.63, 3.8) is 0 Å². The smallest absolute Gasteiger partial charge is 0.0607 e. The molecular weight excluding hydrogens is 226 g/mol. The van der Waals surface area contributed by atoms with Crippen LogP contribution in [0.3, 0.4) is 0 Å². The number of fused-ring (bicyclic) bond motifs is 1. The Morgan fingerprint density at radius 2 is 1.78 bits per heavy atom. The van der Waals surface area contributed by atoms with Crippen molar-refractivity contribution in [1.82, 2.24) is 5.32 Å². The third-order valence-corrected chi connectivity index (χ3v) is 3.80. The molecule has 0 aromatic heterocycles. The molecule has 0 radical (unpaired) electrons. The molecular formula is C15H23NO2. The predicted molar refractivity (Wildman–Crippen MR) is 72.6 cm³/mol. The first-order valence-electron chi connectivity index (χ1n) is 6.84. The van der Waals surface area contributed by atoms with E-state index in [1.54, 1.807) is 0 Å². The maximum Gasteiger partial charge on any atom is 0.0607 e. The molecule has 0 saturated heterocycles. The van der Waals surface area contributed by atoms with E-state index in [-0.39, 0.29) is 25.3 Å². The minimum absolute atomic E-state index is 0.0359. The number of benzene rings is 1.